The van der Waals surface area contributed by atoms with E-state index in [1.165, 1.54) is 16.8 Å². The van der Waals surface area contributed by atoms with Gasteiger partial charge in [0.2, 0.25) is 0 Å². The van der Waals surface area contributed by atoms with Gasteiger partial charge in [-0.15, -0.1) is 0 Å². The number of carbonyl (C=O) groups is 1. The van der Waals surface area contributed by atoms with Crippen LogP contribution in [0.3, 0.4) is 0 Å². The zero-order valence-electron chi connectivity index (χ0n) is 12.0. The van der Waals surface area contributed by atoms with Gasteiger partial charge in [0, 0.05) is 18.2 Å². The van der Waals surface area contributed by atoms with Gasteiger partial charge in [-0.1, -0.05) is 12.1 Å². The summed E-state index contributed by atoms with van der Waals surface area (Å²) in [5, 5.41) is 4.06. The molecule has 3 rings (SSSR count). The van der Waals surface area contributed by atoms with Crippen molar-refractivity contribution in [1.82, 2.24) is 9.78 Å². The van der Waals surface area contributed by atoms with Gasteiger partial charge < -0.3 is 4.74 Å². The maximum absolute atomic E-state index is 14.0. The highest BCUT2D eigenvalue weighted by Gasteiger charge is 2.37. The topological polar surface area (TPSA) is 78.3 Å². The van der Waals surface area contributed by atoms with E-state index in [1.807, 2.05) is 0 Å². The molecule has 2 aromatic rings. The van der Waals surface area contributed by atoms with E-state index in [2.05, 4.69) is 5.10 Å². The fourth-order valence-electron chi connectivity index (χ4n) is 2.68. The van der Waals surface area contributed by atoms with E-state index in [9.17, 15) is 17.6 Å². The molecule has 0 atom stereocenters. The molecule has 2 heterocycles. The number of ether oxygens (including phenoxy) is 1. The Kier molecular flexibility index (Phi) is 3.28. The second-order valence-electron chi connectivity index (χ2n) is 4.90. The van der Waals surface area contributed by atoms with Crippen molar-refractivity contribution in [3.63, 3.8) is 0 Å². The van der Waals surface area contributed by atoms with Crippen LogP contribution in [0, 0.1) is 5.82 Å². The summed E-state index contributed by atoms with van der Waals surface area (Å²) >= 11 is 0. The largest absolute Gasteiger partial charge is 0.461 e. The molecule has 8 heteroatoms. The van der Waals surface area contributed by atoms with Gasteiger partial charge in [0.1, 0.15) is 10.7 Å². The zero-order chi connectivity index (χ0) is 16.1. The van der Waals surface area contributed by atoms with Crippen LogP contribution in [0.2, 0.25) is 0 Å². The molecular formula is C14H13FN2O4S. The third-order valence-corrected chi connectivity index (χ3v) is 5.19. The molecule has 1 aromatic heterocycles. The normalized spacial score (nSPS) is 15.0. The summed E-state index contributed by atoms with van der Waals surface area (Å²) in [6.07, 6.45) is 0. The van der Waals surface area contributed by atoms with Crippen molar-refractivity contribution >= 4 is 15.8 Å². The predicted molar refractivity (Wildman–Crippen MR) is 75.4 cm³/mol. The third-order valence-electron chi connectivity index (χ3n) is 3.48. The number of fused-ring (bicyclic) bond motifs is 3. The first-order valence-corrected chi connectivity index (χ1v) is 8.26. The third kappa shape index (κ3) is 2.02. The number of carbonyl (C=O) groups excluding carboxylic acids is 1. The number of nitrogens with zero attached hydrogens (tertiary/aromatic N) is 2. The number of hydrogen-bond acceptors (Lipinski definition) is 5. The molecule has 116 valence electrons. The van der Waals surface area contributed by atoms with Crippen molar-refractivity contribution in [1.29, 1.82) is 0 Å². The molecule has 1 aromatic carbocycles. The molecule has 6 nitrogen and oxygen atoms in total. The van der Waals surface area contributed by atoms with E-state index in [-0.39, 0.29) is 28.3 Å². The number of aromatic nitrogens is 2. The number of hydrogen-bond donors (Lipinski definition) is 0. The molecule has 0 unspecified atom stereocenters. The average molecular weight is 324 g/mol. The monoisotopic (exact) mass is 324 g/mol. The van der Waals surface area contributed by atoms with Gasteiger partial charge in [0.15, 0.2) is 15.5 Å². The van der Waals surface area contributed by atoms with E-state index in [1.54, 1.807) is 14.0 Å². The quantitative estimate of drug-likeness (QED) is 0.786. The van der Waals surface area contributed by atoms with Crippen LogP contribution in [0.15, 0.2) is 23.1 Å². The molecule has 22 heavy (non-hydrogen) atoms. The average Bonchev–Trinajstić information content (AvgIpc) is 2.75. The second kappa shape index (κ2) is 4.91. The zero-order valence-corrected chi connectivity index (χ0v) is 12.8. The number of esters is 1. The van der Waals surface area contributed by atoms with E-state index in [0.717, 1.165) is 6.07 Å². The van der Waals surface area contributed by atoms with Crippen molar-refractivity contribution < 1.29 is 22.3 Å². The molecule has 0 aliphatic carbocycles. The lowest BCUT2D eigenvalue weighted by molar-refractivity contribution is 0.0517. The van der Waals surface area contributed by atoms with Crippen molar-refractivity contribution in [2.45, 2.75) is 17.6 Å². The van der Waals surface area contributed by atoms with Gasteiger partial charge in [-0.3, -0.25) is 4.68 Å². The molecule has 1 aliphatic heterocycles. The fraction of sp³-hybridized carbons (Fsp3) is 0.286. The molecule has 0 N–H and O–H groups in total. The Morgan fingerprint density at radius 1 is 1.45 bits per heavy atom. The Labute approximate surface area is 126 Å². The number of aryl methyl sites for hydroxylation is 1. The Morgan fingerprint density at radius 3 is 2.86 bits per heavy atom. The maximum atomic E-state index is 14.0. The van der Waals surface area contributed by atoms with Crippen LogP contribution in [-0.4, -0.2) is 30.8 Å². The summed E-state index contributed by atoms with van der Waals surface area (Å²) in [7, 11) is -2.30. The molecule has 0 saturated heterocycles. The summed E-state index contributed by atoms with van der Waals surface area (Å²) in [5.74, 6) is -1.96. The molecule has 0 bridgehead atoms. The first-order valence-electron chi connectivity index (χ1n) is 6.61. The molecule has 1 aliphatic rings. The van der Waals surface area contributed by atoms with Crippen LogP contribution >= 0.6 is 0 Å². The summed E-state index contributed by atoms with van der Waals surface area (Å²) < 4.78 is 45.0. The molecule has 0 radical (unpaired) electrons. The first kappa shape index (κ1) is 14.7. The van der Waals surface area contributed by atoms with Gasteiger partial charge in [-0.25, -0.2) is 17.6 Å². The Hall–Kier alpha value is -2.22. The Morgan fingerprint density at radius 2 is 2.18 bits per heavy atom. The first-order chi connectivity index (χ1) is 10.4. The fourth-order valence-corrected chi connectivity index (χ4v) is 4.34. The Balaban J connectivity index is 2.32. The van der Waals surface area contributed by atoms with Crippen LogP contribution in [0.1, 0.15) is 23.0 Å². The summed E-state index contributed by atoms with van der Waals surface area (Å²) in [5.41, 5.74) is 0.844. The van der Waals surface area contributed by atoms with Crippen LogP contribution in [0.25, 0.3) is 11.3 Å². The number of rotatable bonds is 2. The second-order valence-corrected chi connectivity index (χ2v) is 6.82. The summed E-state index contributed by atoms with van der Waals surface area (Å²) in [4.78, 5) is 11.6. The lowest BCUT2D eigenvalue weighted by Crippen LogP contribution is -2.17. The molecule has 0 spiro atoms. The van der Waals surface area contributed by atoms with Crippen LogP contribution in [0.4, 0.5) is 4.39 Å². The summed E-state index contributed by atoms with van der Waals surface area (Å²) in [6.45, 7) is 1.80. The Bertz CT molecular complexity index is 886. The van der Waals surface area contributed by atoms with E-state index in [0.29, 0.717) is 5.69 Å². The van der Waals surface area contributed by atoms with E-state index in [4.69, 9.17) is 4.74 Å². The molecule has 0 amide bonds. The minimum absolute atomic E-state index is 0.0437. The van der Waals surface area contributed by atoms with Crippen molar-refractivity contribution in [3.8, 4) is 11.3 Å². The lowest BCUT2D eigenvalue weighted by atomic mass is 10.1. The van der Waals surface area contributed by atoms with Crippen LogP contribution in [0.5, 0.6) is 0 Å². The minimum Gasteiger partial charge on any atom is -0.461 e. The van der Waals surface area contributed by atoms with E-state index < -0.39 is 27.4 Å². The van der Waals surface area contributed by atoms with Gasteiger partial charge >= 0.3 is 5.97 Å². The van der Waals surface area contributed by atoms with Gasteiger partial charge in [0.05, 0.1) is 18.1 Å². The smallest absolute Gasteiger partial charge is 0.359 e. The molecule has 0 saturated carbocycles. The lowest BCUT2D eigenvalue weighted by Gasteiger charge is -2.18. The van der Waals surface area contributed by atoms with Crippen LogP contribution < -0.4 is 0 Å². The van der Waals surface area contributed by atoms with Gasteiger partial charge in [0.25, 0.3) is 0 Å². The SMILES string of the molecule is CCOC(=O)c1nn(C)c2c1CS(=O)(=O)c1c(F)cccc1-2. The number of halogens is 1. The molecule has 0 fully saturated rings. The van der Waals surface area contributed by atoms with Crippen molar-refractivity contribution in [2.75, 3.05) is 6.61 Å². The predicted octanol–water partition coefficient (Wildman–Crippen LogP) is 1.69. The number of benzene rings is 1. The van der Waals surface area contributed by atoms with Gasteiger partial charge in [-0.2, -0.15) is 5.10 Å². The van der Waals surface area contributed by atoms with E-state index >= 15 is 0 Å². The minimum atomic E-state index is -3.88. The molecular weight excluding hydrogens is 311 g/mol. The van der Waals surface area contributed by atoms with Gasteiger partial charge in [-0.05, 0) is 13.0 Å². The van der Waals surface area contributed by atoms with Crippen molar-refractivity contribution in [2.24, 2.45) is 7.05 Å². The van der Waals surface area contributed by atoms with Crippen LogP contribution in [-0.2, 0) is 27.4 Å². The number of sulfone groups is 1. The maximum Gasteiger partial charge on any atom is 0.359 e. The highest BCUT2D eigenvalue weighted by atomic mass is 32.2. The standard InChI is InChI=1S/C14H13FN2O4S/c1-3-21-14(18)11-9-7-22(19,20)13-8(5-4-6-10(13)15)12(9)17(2)16-11/h4-6H,3,7H2,1-2H3. The van der Waals surface area contributed by atoms with Crippen molar-refractivity contribution in [3.05, 3.63) is 35.3 Å². The highest BCUT2D eigenvalue weighted by molar-refractivity contribution is 7.91. The summed E-state index contributed by atoms with van der Waals surface area (Å²) in [6, 6.07) is 4.03. The highest BCUT2D eigenvalue weighted by Crippen LogP contribution is 2.40.